The summed E-state index contributed by atoms with van der Waals surface area (Å²) in [7, 11) is 0. The van der Waals surface area contributed by atoms with Crippen molar-refractivity contribution in [3.63, 3.8) is 0 Å². The summed E-state index contributed by atoms with van der Waals surface area (Å²) in [5.74, 6) is -0.175. The van der Waals surface area contributed by atoms with Crippen molar-refractivity contribution in [1.82, 2.24) is 4.90 Å². The molecule has 0 aromatic heterocycles. The van der Waals surface area contributed by atoms with Crippen LogP contribution in [-0.4, -0.2) is 79.5 Å². The number of piperidine rings is 1. The largest absolute Gasteiger partial charge is 0.482 e. The average molecular weight is 753 g/mol. The zero-order valence-electron chi connectivity index (χ0n) is 32.0. The molecule has 55 heavy (non-hydrogen) atoms. The maximum Gasteiger partial charge on any atom is 0.410 e. The summed E-state index contributed by atoms with van der Waals surface area (Å²) in [5.41, 5.74) is 8.98. The van der Waals surface area contributed by atoms with Gasteiger partial charge in [0.15, 0.2) is 12.9 Å². The lowest BCUT2D eigenvalue weighted by molar-refractivity contribution is -0.125. The van der Waals surface area contributed by atoms with Crippen molar-refractivity contribution in [3.05, 3.63) is 72.3 Å². The first-order chi connectivity index (χ1) is 26.4. The number of primary amides is 1. The van der Waals surface area contributed by atoms with E-state index in [1.54, 1.807) is 15.9 Å². The van der Waals surface area contributed by atoms with Crippen LogP contribution in [-0.2, 0) is 23.9 Å². The Morgan fingerprint density at radius 1 is 0.945 bits per heavy atom. The minimum Gasteiger partial charge on any atom is -0.482 e. The maximum atomic E-state index is 15.1. The molecule has 1 aliphatic carbocycles. The van der Waals surface area contributed by atoms with Crippen LogP contribution in [0.15, 0.2) is 66.7 Å². The van der Waals surface area contributed by atoms with Gasteiger partial charge in [-0.1, -0.05) is 36.4 Å². The first-order valence-corrected chi connectivity index (χ1v) is 19.6. The number of hydrogen-bond donors (Lipinski definition) is 1. The number of hydrogen-bond acceptors (Lipinski definition) is 8. The van der Waals surface area contributed by atoms with E-state index < -0.39 is 23.5 Å². The molecule has 0 bridgehead atoms. The SMILES string of the molecule is CC(C)(C)OC(=O)N1CC[C@H](c2cccc(-c3ccc(OC4CCCCO4)cc3)c2)[C@@H](C(=O)N(c2ccc3c(c2)N(CCCC(N)=O)C(=O)CO3)C2CC2)C1. The van der Waals surface area contributed by atoms with Gasteiger partial charge in [0.05, 0.1) is 18.2 Å². The molecule has 3 fully saturated rings. The van der Waals surface area contributed by atoms with Crippen molar-refractivity contribution >= 4 is 35.2 Å². The third-order valence-electron chi connectivity index (χ3n) is 10.6. The lowest BCUT2D eigenvalue weighted by atomic mass is 9.78. The molecule has 3 aromatic rings. The van der Waals surface area contributed by atoms with Gasteiger partial charge in [-0.05, 0) is 112 Å². The zero-order chi connectivity index (χ0) is 38.7. The van der Waals surface area contributed by atoms with Gasteiger partial charge < -0.3 is 39.4 Å². The lowest BCUT2D eigenvalue weighted by Crippen LogP contribution is -2.51. The number of fused-ring (bicyclic) bond motifs is 1. The number of nitrogens with two attached hydrogens (primary N) is 1. The summed E-state index contributed by atoms with van der Waals surface area (Å²) in [5, 5.41) is 0. The second-order valence-corrected chi connectivity index (χ2v) is 16.0. The fourth-order valence-corrected chi connectivity index (χ4v) is 7.75. The Bertz CT molecular complexity index is 1880. The van der Waals surface area contributed by atoms with Gasteiger partial charge in [-0.25, -0.2) is 4.79 Å². The molecule has 0 spiro atoms. The molecule has 3 atom stereocenters. The number of anilines is 2. The fraction of sp³-hybridized carbons (Fsp3) is 0.488. The van der Waals surface area contributed by atoms with E-state index in [1.165, 1.54) is 0 Å². The highest BCUT2D eigenvalue weighted by atomic mass is 16.7. The van der Waals surface area contributed by atoms with Crippen LogP contribution in [0.1, 0.15) is 83.6 Å². The van der Waals surface area contributed by atoms with Crippen LogP contribution in [0, 0.1) is 5.92 Å². The van der Waals surface area contributed by atoms with Crippen LogP contribution in [0.2, 0.25) is 0 Å². The predicted octanol–water partition coefficient (Wildman–Crippen LogP) is 6.79. The molecule has 3 aromatic carbocycles. The molecule has 292 valence electrons. The van der Waals surface area contributed by atoms with Crippen LogP contribution in [0.25, 0.3) is 11.1 Å². The number of rotatable bonds is 11. The number of amides is 4. The van der Waals surface area contributed by atoms with Gasteiger partial charge in [0.25, 0.3) is 5.91 Å². The van der Waals surface area contributed by atoms with Crippen molar-refractivity contribution < 1.29 is 38.1 Å². The molecule has 4 amide bonds. The van der Waals surface area contributed by atoms with Gasteiger partial charge >= 0.3 is 6.09 Å². The van der Waals surface area contributed by atoms with Gasteiger partial charge in [0, 0.05) is 44.2 Å². The first kappa shape index (κ1) is 38.2. The van der Waals surface area contributed by atoms with Crippen molar-refractivity contribution in [2.45, 2.75) is 96.0 Å². The molecule has 3 heterocycles. The Morgan fingerprint density at radius 3 is 2.45 bits per heavy atom. The van der Waals surface area contributed by atoms with E-state index in [0.29, 0.717) is 43.1 Å². The highest BCUT2D eigenvalue weighted by molar-refractivity contribution is 6.01. The van der Waals surface area contributed by atoms with Gasteiger partial charge in [-0.2, -0.15) is 0 Å². The first-order valence-electron chi connectivity index (χ1n) is 19.6. The summed E-state index contributed by atoms with van der Waals surface area (Å²) in [6.07, 6.45) is 5.20. The summed E-state index contributed by atoms with van der Waals surface area (Å²) in [6, 6.07) is 21.8. The Balaban J connectivity index is 1.18. The standard InChI is InChI=1S/C43H52N4O8/c1-43(2,3)55-42(51)45-22-20-34(30-9-6-8-29(24-30)28-12-17-33(18-13-28)54-40-11-4-5-23-52-40)35(26-45)41(50)47(31-14-15-31)32-16-19-37-36(25-32)46(39(49)27-53-37)21-7-10-38(44)48/h6,8-9,12-13,16-19,24-25,31,34-35,40H,4-5,7,10-11,14-15,20-23,26-27H2,1-3H3,(H2,44,48)/t34-,35+,40?/m1/s1. The molecule has 12 nitrogen and oxygen atoms in total. The molecule has 2 N–H and O–H groups in total. The van der Waals surface area contributed by atoms with Crippen LogP contribution in [0.5, 0.6) is 11.5 Å². The second-order valence-electron chi connectivity index (χ2n) is 16.0. The fourth-order valence-electron chi connectivity index (χ4n) is 7.75. The normalized spacial score (nSPS) is 21.3. The van der Waals surface area contributed by atoms with E-state index in [1.807, 2.05) is 68.1 Å². The van der Waals surface area contributed by atoms with Gasteiger partial charge in [0.2, 0.25) is 11.8 Å². The van der Waals surface area contributed by atoms with E-state index >= 15 is 4.79 Å². The summed E-state index contributed by atoms with van der Waals surface area (Å²) >= 11 is 0. The highest BCUT2D eigenvalue weighted by Crippen LogP contribution is 2.43. The number of likely N-dealkylation sites (tertiary alicyclic amines) is 1. The van der Waals surface area contributed by atoms with E-state index in [9.17, 15) is 14.4 Å². The molecule has 1 unspecified atom stereocenters. The number of ether oxygens (including phenoxy) is 4. The van der Waals surface area contributed by atoms with Crippen LogP contribution < -0.4 is 25.0 Å². The quantitative estimate of drug-likeness (QED) is 0.226. The van der Waals surface area contributed by atoms with Gasteiger partial charge in [-0.15, -0.1) is 0 Å². The van der Waals surface area contributed by atoms with Crippen LogP contribution in [0.3, 0.4) is 0 Å². The topological polar surface area (TPSA) is 141 Å². The Labute approximate surface area is 322 Å². The summed E-state index contributed by atoms with van der Waals surface area (Å²) in [4.78, 5) is 58.1. The summed E-state index contributed by atoms with van der Waals surface area (Å²) in [6.45, 7) is 7.08. The van der Waals surface area contributed by atoms with E-state index in [2.05, 4.69) is 18.2 Å². The summed E-state index contributed by atoms with van der Waals surface area (Å²) < 4.78 is 23.4. The van der Waals surface area contributed by atoms with Gasteiger partial charge in [-0.3, -0.25) is 14.4 Å². The highest BCUT2D eigenvalue weighted by Gasteiger charge is 2.44. The average Bonchev–Trinajstić information content (AvgIpc) is 4.01. The Hall–Kier alpha value is -5.10. The third-order valence-corrected chi connectivity index (χ3v) is 10.6. The molecule has 3 aliphatic heterocycles. The van der Waals surface area contributed by atoms with Crippen molar-refractivity contribution in [2.24, 2.45) is 11.7 Å². The Morgan fingerprint density at radius 2 is 1.75 bits per heavy atom. The smallest absolute Gasteiger partial charge is 0.410 e. The molecule has 4 aliphatic rings. The van der Waals surface area contributed by atoms with Crippen molar-refractivity contribution in [3.8, 4) is 22.6 Å². The molecular formula is C43H52N4O8. The third kappa shape index (κ3) is 9.24. The van der Waals surface area contributed by atoms with E-state index in [-0.39, 0.29) is 49.6 Å². The predicted molar refractivity (Wildman–Crippen MR) is 208 cm³/mol. The van der Waals surface area contributed by atoms with Crippen molar-refractivity contribution in [1.29, 1.82) is 0 Å². The lowest BCUT2D eigenvalue weighted by Gasteiger charge is -2.41. The molecule has 0 radical (unpaired) electrons. The zero-order valence-corrected chi connectivity index (χ0v) is 32.0. The van der Waals surface area contributed by atoms with Gasteiger partial charge in [0.1, 0.15) is 17.1 Å². The molecular weight excluding hydrogens is 700 g/mol. The van der Waals surface area contributed by atoms with Crippen molar-refractivity contribution in [2.75, 3.05) is 42.6 Å². The minimum absolute atomic E-state index is 0.0160. The number of nitrogens with zero attached hydrogens (tertiary/aromatic N) is 3. The van der Waals surface area contributed by atoms with E-state index in [4.69, 9.17) is 24.7 Å². The molecule has 2 saturated heterocycles. The molecule has 12 heteroatoms. The minimum atomic E-state index is -0.683. The van der Waals surface area contributed by atoms with Crippen LogP contribution in [0.4, 0.5) is 16.2 Å². The molecule has 1 saturated carbocycles. The van der Waals surface area contributed by atoms with Crippen LogP contribution >= 0.6 is 0 Å². The monoisotopic (exact) mass is 752 g/mol. The molecule has 7 rings (SSSR count). The number of carbonyl (C=O) groups excluding carboxylic acids is 4. The number of benzene rings is 3. The Kier molecular flexibility index (Phi) is 11.3. The second kappa shape index (κ2) is 16.3. The van der Waals surface area contributed by atoms with E-state index in [0.717, 1.165) is 61.2 Å². The number of carbonyl (C=O) groups is 4. The maximum absolute atomic E-state index is 15.1.